The average Bonchev–Trinajstić information content (AvgIpc) is 2.63. The average molecular weight is 281 g/mol. The minimum absolute atomic E-state index is 0.244. The highest BCUT2D eigenvalue weighted by molar-refractivity contribution is 7.11. The molecule has 1 atom stereocenters. The second-order valence-corrected chi connectivity index (χ2v) is 6.18. The SMILES string of the molecule is Cc1nc(C)c(C(C)Nc2cc(Cl)ccc2C)s1. The molecule has 0 aliphatic rings. The van der Waals surface area contributed by atoms with E-state index in [9.17, 15) is 0 Å². The number of anilines is 1. The predicted molar refractivity (Wildman–Crippen MR) is 79.8 cm³/mol. The molecule has 0 aliphatic heterocycles. The zero-order chi connectivity index (χ0) is 13.3. The van der Waals surface area contributed by atoms with Crippen LogP contribution in [0, 0.1) is 20.8 Å². The summed E-state index contributed by atoms with van der Waals surface area (Å²) in [5, 5.41) is 5.37. The van der Waals surface area contributed by atoms with Crippen LogP contribution in [0.15, 0.2) is 18.2 Å². The van der Waals surface area contributed by atoms with Crippen molar-refractivity contribution in [3.05, 3.63) is 44.4 Å². The zero-order valence-electron chi connectivity index (χ0n) is 11.0. The van der Waals surface area contributed by atoms with Gasteiger partial charge in [0.2, 0.25) is 0 Å². The summed E-state index contributed by atoms with van der Waals surface area (Å²) in [6.07, 6.45) is 0. The van der Waals surface area contributed by atoms with Gasteiger partial charge in [0, 0.05) is 15.6 Å². The Morgan fingerprint density at radius 2 is 2.00 bits per heavy atom. The fourth-order valence-electron chi connectivity index (χ4n) is 2.00. The van der Waals surface area contributed by atoms with Crippen LogP contribution in [0.3, 0.4) is 0 Å². The van der Waals surface area contributed by atoms with E-state index < -0.39 is 0 Å². The summed E-state index contributed by atoms with van der Waals surface area (Å²) in [5.74, 6) is 0. The first-order valence-electron chi connectivity index (χ1n) is 5.94. The molecule has 96 valence electrons. The van der Waals surface area contributed by atoms with Crippen LogP contribution in [-0.4, -0.2) is 4.98 Å². The number of aryl methyl sites for hydroxylation is 3. The third-order valence-corrected chi connectivity index (χ3v) is 4.39. The first-order valence-corrected chi connectivity index (χ1v) is 7.13. The Labute approximate surface area is 117 Å². The van der Waals surface area contributed by atoms with Gasteiger partial charge in [-0.1, -0.05) is 17.7 Å². The lowest BCUT2D eigenvalue weighted by Gasteiger charge is -2.16. The van der Waals surface area contributed by atoms with Crippen molar-refractivity contribution >= 4 is 28.6 Å². The molecule has 0 saturated carbocycles. The minimum Gasteiger partial charge on any atom is -0.377 e. The highest BCUT2D eigenvalue weighted by atomic mass is 35.5. The van der Waals surface area contributed by atoms with Crippen LogP contribution >= 0.6 is 22.9 Å². The number of thiazole rings is 1. The fourth-order valence-corrected chi connectivity index (χ4v) is 3.10. The first kappa shape index (κ1) is 13.4. The van der Waals surface area contributed by atoms with E-state index in [2.05, 4.69) is 31.1 Å². The number of benzene rings is 1. The van der Waals surface area contributed by atoms with Gasteiger partial charge in [0.1, 0.15) is 0 Å². The Morgan fingerprint density at radius 3 is 2.61 bits per heavy atom. The van der Waals surface area contributed by atoms with Gasteiger partial charge in [-0.2, -0.15) is 0 Å². The molecule has 0 spiro atoms. The van der Waals surface area contributed by atoms with Gasteiger partial charge < -0.3 is 5.32 Å². The quantitative estimate of drug-likeness (QED) is 0.865. The summed E-state index contributed by atoms with van der Waals surface area (Å²) in [6, 6.07) is 6.15. The molecule has 2 aromatic rings. The molecular weight excluding hydrogens is 264 g/mol. The maximum atomic E-state index is 6.03. The van der Waals surface area contributed by atoms with E-state index >= 15 is 0 Å². The van der Waals surface area contributed by atoms with Gasteiger partial charge in [-0.05, 0) is 45.4 Å². The van der Waals surface area contributed by atoms with Crippen LogP contribution in [-0.2, 0) is 0 Å². The van der Waals surface area contributed by atoms with Gasteiger partial charge >= 0.3 is 0 Å². The number of nitrogens with one attached hydrogen (secondary N) is 1. The number of hydrogen-bond donors (Lipinski definition) is 1. The van der Waals surface area contributed by atoms with Crippen molar-refractivity contribution in [2.24, 2.45) is 0 Å². The highest BCUT2D eigenvalue weighted by Crippen LogP contribution is 2.29. The van der Waals surface area contributed by atoms with Crippen molar-refractivity contribution < 1.29 is 0 Å². The number of aromatic nitrogens is 1. The Balaban J connectivity index is 2.23. The van der Waals surface area contributed by atoms with Crippen molar-refractivity contribution in [2.75, 3.05) is 5.32 Å². The van der Waals surface area contributed by atoms with E-state index in [1.165, 1.54) is 10.4 Å². The van der Waals surface area contributed by atoms with Crippen molar-refractivity contribution in [3.63, 3.8) is 0 Å². The lowest BCUT2D eigenvalue weighted by molar-refractivity contribution is 0.887. The molecule has 2 rings (SSSR count). The van der Waals surface area contributed by atoms with Crippen molar-refractivity contribution in [1.82, 2.24) is 4.98 Å². The van der Waals surface area contributed by atoms with Crippen molar-refractivity contribution in [1.29, 1.82) is 0 Å². The van der Waals surface area contributed by atoms with Gasteiger partial charge in [0.25, 0.3) is 0 Å². The summed E-state index contributed by atoms with van der Waals surface area (Å²) in [7, 11) is 0. The van der Waals surface area contributed by atoms with Gasteiger partial charge in [-0.3, -0.25) is 0 Å². The van der Waals surface area contributed by atoms with E-state index in [0.29, 0.717) is 0 Å². The van der Waals surface area contributed by atoms with Gasteiger partial charge in [0.05, 0.1) is 16.7 Å². The summed E-state index contributed by atoms with van der Waals surface area (Å²) in [6.45, 7) is 8.33. The Morgan fingerprint density at radius 1 is 1.28 bits per heavy atom. The maximum Gasteiger partial charge on any atom is 0.0900 e. The van der Waals surface area contributed by atoms with Crippen LogP contribution in [0.4, 0.5) is 5.69 Å². The fraction of sp³-hybridized carbons (Fsp3) is 0.357. The molecule has 0 amide bonds. The molecule has 2 nitrogen and oxygen atoms in total. The smallest absolute Gasteiger partial charge is 0.0900 e. The molecular formula is C14H17ClN2S. The molecule has 0 radical (unpaired) electrons. The van der Waals surface area contributed by atoms with Crippen molar-refractivity contribution in [3.8, 4) is 0 Å². The van der Waals surface area contributed by atoms with Crippen LogP contribution in [0.25, 0.3) is 0 Å². The third kappa shape index (κ3) is 2.85. The molecule has 0 aliphatic carbocycles. The predicted octanol–water partition coefficient (Wildman–Crippen LogP) is 4.89. The van der Waals surface area contributed by atoms with Crippen LogP contribution < -0.4 is 5.32 Å². The second-order valence-electron chi connectivity index (χ2n) is 4.51. The Bertz CT molecular complexity index is 563. The van der Waals surface area contributed by atoms with Gasteiger partial charge in [-0.25, -0.2) is 4.98 Å². The van der Waals surface area contributed by atoms with E-state index in [0.717, 1.165) is 21.4 Å². The molecule has 0 saturated heterocycles. The number of nitrogens with zero attached hydrogens (tertiary/aromatic N) is 1. The molecule has 1 heterocycles. The first-order chi connectivity index (χ1) is 8.47. The molecule has 1 N–H and O–H groups in total. The maximum absolute atomic E-state index is 6.03. The van der Waals surface area contributed by atoms with Gasteiger partial charge in [0.15, 0.2) is 0 Å². The van der Waals surface area contributed by atoms with E-state index in [4.69, 9.17) is 11.6 Å². The lowest BCUT2D eigenvalue weighted by atomic mass is 10.1. The summed E-state index contributed by atoms with van der Waals surface area (Å²) < 4.78 is 0. The Hall–Kier alpha value is -1.06. The third-order valence-electron chi connectivity index (χ3n) is 2.90. The zero-order valence-corrected chi connectivity index (χ0v) is 12.6. The molecule has 1 unspecified atom stereocenters. The largest absolute Gasteiger partial charge is 0.377 e. The van der Waals surface area contributed by atoms with Crippen LogP contribution in [0.1, 0.15) is 34.1 Å². The number of halogens is 1. The summed E-state index contributed by atoms with van der Waals surface area (Å²) in [4.78, 5) is 5.75. The highest BCUT2D eigenvalue weighted by Gasteiger charge is 2.13. The van der Waals surface area contributed by atoms with Crippen molar-refractivity contribution in [2.45, 2.75) is 33.7 Å². The molecule has 0 bridgehead atoms. The standard InChI is InChI=1S/C14H17ClN2S/c1-8-5-6-12(15)7-13(8)17-10(3)14-9(2)16-11(4)18-14/h5-7,10,17H,1-4H3. The molecule has 18 heavy (non-hydrogen) atoms. The number of rotatable bonds is 3. The van der Waals surface area contributed by atoms with Crippen LogP contribution in [0.5, 0.6) is 0 Å². The normalized spacial score (nSPS) is 12.5. The summed E-state index contributed by atoms with van der Waals surface area (Å²) in [5.41, 5.74) is 3.39. The Kier molecular flexibility index (Phi) is 3.93. The molecule has 0 fully saturated rings. The van der Waals surface area contributed by atoms with Crippen LogP contribution in [0.2, 0.25) is 5.02 Å². The minimum atomic E-state index is 0.244. The number of hydrogen-bond acceptors (Lipinski definition) is 3. The van der Waals surface area contributed by atoms with E-state index in [-0.39, 0.29) is 6.04 Å². The monoisotopic (exact) mass is 280 g/mol. The summed E-state index contributed by atoms with van der Waals surface area (Å²) >= 11 is 7.78. The molecule has 1 aromatic heterocycles. The van der Waals surface area contributed by atoms with Gasteiger partial charge in [-0.15, -0.1) is 11.3 Å². The molecule has 4 heteroatoms. The van der Waals surface area contributed by atoms with E-state index in [1.54, 1.807) is 11.3 Å². The lowest BCUT2D eigenvalue weighted by Crippen LogP contribution is -2.07. The second kappa shape index (κ2) is 5.29. The molecule has 1 aromatic carbocycles. The van der Waals surface area contributed by atoms with E-state index in [1.807, 2.05) is 25.1 Å². The topological polar surface area (TPSA) is 24.9 Å².